The number of carbonyl (C=O) groups is 1. The van der Waals surface area contributed by atoms with Crippen LogP contribution < -0.4 is 10.6 Å². The molecule has 0 spiro atoms. The Morgan fingerprint density at radius 3 is 2.57 bits per heavy atom. The Kier molecular flexibility index (Phi) is 6.63. The highest BCUT2D eigenvalue weighted by atomic mass is 35.5. The predicted molar refractivity (Wildman–Crippen MR) is 95.5 cm³/mol. The van der Waals surface area contributed by atoms with E-state index in [4.69, 9.17) is 11.6 Å². The molecule has 0 aliphatic rings. The Bertz CT molecular complexity index is 640. The number of hydrogen-bond donors (Lipinski definition) is 2. The van der Waals surface area contributed by atoms with Crippen molar-refractivity contribution in [3.8, 4) is 0 Å². The van der Waals surface area contributed by atoms with E-state index in [1.807, 2.05) is 24.3 Å². The van der Waals surface area contributed by atoms with Gasteiger partial charge in [0, 0.05) is 17.6 Å². The minimum Gasteiger partial charge on any atom is -0.351 e. The molecular formula is C19H23ClN2O. The molecule has 0 aliphatic carbocycles. The van der Waals surface area contributed by atoms with Crippen molar-refractivity contribution in [3.05, 3.63) is 70.2 Å². The van der Waals surface area contributed by atoms with E-state index in [9.17, 15) is 4.79 Å². The van der Waals surface area contributed by atoms with E-state index < -0.39 is 0 Å². The van der Waals surface area contributed by atoms with Gasteiger partial charge in [-0.05, 0) is 36.6 Å². The fourth-order valence-corrected chi connectivity index (χ4v) is 2.64. The number of benzene rings is 2. The van der Waals surface area contributed by atoms with Gasteiger partial charge in [-0.25, -0.2) is 0 Å². The first kappa shape index (κ1) is 17.5. The number of aryl methyl sites for hydroxylation is 1. The molecule has 0 aliphatic heterocycles. The summed E-state index contributed by atoms with van der Waals surface area (Å²) in [6.07, 6.45) is 0.935. The topological polar surface area (TPSA) is 41.1 Å². The van der Waals surface area contributed by atoms with Crippen molar-refractivity contribution in [2.45, 2.75) is 32.9 Å². The maximum Gasteiger partial charge on any atom is 0.234 e. The highest BCUT2D eigenvalue weighted by Gasteiger charge is 2.10. The second-order valence-corrected chi connectivity index (χ2v) is 6.10. The average molecular weight is 331 g/mol. The summed E-state index contributed by atoms with van der Waals surface area (Å²) < 4.78 is 0. The third kappa shape index (κ3) is 5.70. The lowest BCUT2D eigenvalue weighted by Gasteiger charge is -2.17. The maximum absolute atomic E-state index is 12.0. The average Bonchev–Trinajstić information content (AvgIpc) is 2.55. The summed E-state index contributed by atoms with van der Waals surface area (Å²) in [7, 11) is 0. The second kappa shape index (κ2) is 8.70. The summed E-state index contributed by atoms with van der Waals surface area (Å²) in [5.41, 5.74) is 3.44. The molecule has 2 N–H and O–H groups in total. The van der Waals surface area contributed by atoms with Crippen molar-refractivity contribution in [1.29, 1.82) is 0 Å². The van der Waals surface area contributed by atoms with Crippen molar-refractivity contribution in [2.75, 3.05) is 6.54 Å². The van der Waals surface area contributed by atoms with Crippen LogP contribution in [0.5, 0.6) is 0 Å². The minimum absolute atomic E-state index is 0.0180. The molecule has 122 valence electrons. The molecule has 2 aromatic rings. The Labute approximate surface area is 143 Å². The fourth-order valence-electron chi connectivity index (χ4n) is 2.42. The first-order valence-electron chi connectivity index (χ1n) is 7.89. The molecule has 0 saturated carbocycles. The lowest BCUT2D eigenvalue weighted by molar-refractivity contribution is -0.120. The maximum atomic E-state index is 12.0. The Hall–Kier alpha value is -1.84. The smallest absolute Gasteiger partial charge is 0.234 e. The van der Waals surface area contributed by atoms with E-state index in [0.717, 1.165) is 12.0 Å². The van der Waals surface area contributed by atoms with Gasteiger partial charge in [0.25, 0.3) is 0 Å². The Morgan fingerprint density at radius 2 is 1.91 bits per heavy atom. The van der Waals surface area contributed by atoms with Crippen LogP contribution in [0, 0.1) is 6.92 Å². The summed E-state index contributed by atoms with van der Waals surface area (Å²) >= 11 is 5.94. The Morgan fingerprint density at radius 1 is 1.17 bits per heavy atom. The molecule has 2 aromatic carbocycles. The van der Waals surface area contributed by atoms with Crippen LogP contribution in [0.4, 0.5) is 0 Å². The van der Waals surface area contributed by atoms with Crippen LogP contribution >= 0.6 is 11.6 Å². The highest BCUT2D eigenvalue weighted by molar-refractivity contribution is 6.30. The van der Waals surface area contributed by atoms with E-state index in [1.165, 1.54) is 11.1 Å². The highest BCUT2D eigenvalue weighted by Crippen LogP contribution is 2.16. The molecule has 0 heterocycles. The quantitative estimate of drug-likeness (QED) is 0.805. The number of nitrogens with one attached hydrogen (secondary N) is 2. The van der Waals surface area contributed by atoms with Crippen molar-refractivity contribution in [2.24, 2.45) is 0 Å². The van der Waals surface area contributed by atoms with Crippen LogP contribution in [0.25, 0.3) is 0 Å². The summed E-state index contributed by atoms with van der Waals surface area (Å²) in [6, 6.07) is 16.1. The van der Waals surface area contributed by atoms with Crippen molar-refractivity contribution in [3.63, 3.8) is 0 Å². The van der Waals surface area contributed by atoms with Crippen LogP contribution in [-0.2, 0) is 11.3 Å². The van der Waals surface area contributed by atoms with Crippen LogP contribution in [0.15, 0.2) is 48.5 Å². The monoisotopic (exact) mass is 330 g/mol. The lowest BCUT2D eigenvalue weighted by atomic mass is 10.0. The van der Waals surface area contributed by atoms with E-state index in [-0.39, 0.29) is 11.9 Å². The molecule has 0 saturated heterocycles. The SMILES string of the molecule is CC[C@H](NCC(=O)NCc1cccc(Cl)c1)c1ccc(C)cc1. The Balaban J connectivity index is 1.81. The largest absolute Gasteiger partial charge is 0.351 e. The first-order valence-corrected chi connectivity index (χ1v) is 8.27. The van der Waals surface area contributed by atoms with Gasteiger partial charge in [-0.3, -0.25) is 4.79 Å². The lowest BCUT2D eigenvalue weighted by Crippen LogP contribution is -2.35. The molecule has 1 amide bonds. The zero-order valence-electron chi connectivity index (χ0n) is 13.6. The number of hydrogen-bond acceptors (Lipinski definition) is 2. The molecule has 0 aromatic heterocycles. The van der Waals surface area contributed by atoms with E-state index >= 15 is 0 Å². The van der Waals surface area contributed by atoms with Gasteiger partial charge in [0.2, 0.25) is 5.91 Å². The predicted octanol–water partition coefficient (Wildman–Crippen LogP) is 4.01. The van der Waals surface area contributed by atoms with Gasteiger partial charge in [-0.2, -0.15) is 0 Å². The van der Waals surface area contributed by atoms with Gasteiger partial charge in [0.15, 0.2) is 0 Å². The molecule has 0 unspecified atom stereocenters. The third-order valence-corrected chi connectivity index (χ3v) is 4.01. The number of rotatable bonds is 7. The van der Waals surface area contributed by atoms with Crippen molar-refractivity contribution in [1.82, 2.24) is 10.6 Å². The standard InChI is InChI=1S/C19H23ClN2O/c1-3-18(16-9-7-14(2)8-10-16)21-13-19(23)22-12-15-5-4-6-17(20)11-15/h4-11,18,21H,3,12-13H2,1-2H3,(H,22,23)/t18-/m0/s1. The second-order valence-electron chi connectivity index (χ2n) is 5.66. The molecule has 3 nitrogen and oxygen atoms in total. The molecule has 1 atom stereocenters. The molecule has 2 rings (SSSR count). The number of carbonyl (C=O) groups excluding carboxylic acids is 1. The molecule has 23 heavy (non-hydrogen) atoms. The summed E-state index contributed by atoms with van der Waals surface area (Å²) in [6.45, 7) is 4.97. The van der Waals surface area contributed by atoms with Crippen LogP contribution in [0.3, 0.4) is 0 Å². The molecule has 0 bridgehead atoms. The van der Waals surface area contributed by atoms with Crippen molar-refractivity contribution < 1.29 is 4.79 Å². The molecule has 4 heteroatoms. The van der Waals surface area contributed by atoms with E-state index in [0.29, 0.717) is 18.1 Å². The molecular weight excluding hydrogens is 308 g/mol. The van der Waals surface area contributed by atoms with Crippen LogP contribution in [-0.4, -0.2) is 12.5 Å². The zero-order chi connectivity index (χ0) is 16.7. The summed E-state index contributed by atoms with van der Waals surface area (Å²) in [5, 5.41) is 6.90. The van der Waals surface area contributed by atoms with Gasteiger partial charge in [-0.15, -0.1) is 0 Å². The van der Waals surface area contributed by atoms with Gasteiger partial charge in [0.1, 0.15) is 0 Å². The van der Waals surface area contributed by atoms with Gasteiger partial charge in [0.05, 0.1) is 6.54 Å². The minimum atomic E-state index is -0.0180. The number of halogens is 1. The fraction of sp³-hybridized carbons (Fsp3) is 0.316. The summed E-state index contributed by atoms with van der Waals surface area (Å²) in [5.74, 6) is -0.0180. The van der Waals surface area contributed by atoms with E-state index in [1.54, 1.807) is 0 Å². The van der Waals surface area contributed by atoms with Crippen LogP contribution in [0.1, 0.15) is 36.1 Å². The first-order chi connectivity index (χ1) is 11.1. The number of amides is 1. The van der Waals surface area contributed by atoms with Gasteiger partial charge < -0.3 is 10.6 Å². The summed E-state index contributed by atoms with van der Waals surface area (Å²) in [4.78, 5) is 12.0. The normalized spacial score (nSPS) is 12.0. The van der Waals surface area contributed by atoms with Crippen LogP contribution in [0.2, 0.25) is 5.02 Å². The van der Waals surface area contributed by atoms with Gasteiger partial charge >= 0.3 is 0 Å². The third-order valence-electron chi connectivity index (χ3n) is 3.78. The zero-order valence-corrected chi connectivity index (χ0v) is 14.4. The van der Waals surface area contributed by atoms with Gasteiger partial charge in [-0.1, -0.05) is 60.5 Å². The van der Waals surface area contributed by atoms with E-state index in [2.05, 4.69) is 48.7 Å². The molecule has 0 fully saturated rings. The van der Waals surface area contributed by atoms with Crippen molar-refractivity contribution >= 4 is 17.5 Å². The molecule has 0 radical (unpaired) electrons.